The molecule has 0 N–H and O–H groups in total. The lowest BCUT2D eigenvalue weighted by atomic mass is 10.1. The number of halogens is 2. The highest BCUT2D eigenvalue weighted by atomic mass is 79.9. The Kier molecular flexibility index (Phi) is 4.62. The average molecular weight is 380 g/mol. The minimum Gasteiger partial charge on any atom is -0.343 e. The molecule has 0 heterocycles. The second-order valence-corrected chi connectivity index (χ2v) is 5.57. The van der Waals surface area contributed by atoms with Gasteiger partial charge in [-0.3, -0.25) is 0 Å². The molecule has 2 aromatic carbocycles. The molecule has 0 atom stereocenters. The van der Waals surface area contributed by atoms with Gasteiger partial charge in [-0.1, -0.05) is 50.1 Å². The van der Waals surface area contributed by atoms with Gasteiger partial charge in [0.05, 0.1) is 11.3 Å². The smallest absolute Gasteiger partial charge is 0.101 e. The molecule has 0 unspecified atom stereocenters. The number of para-hydroxylation sites is 1. The van der Waals surface area contributed by atoms with E-state index in [0.717, 1.165) is 21.2 Å². The second-order valence-electron chi connectivity index (χ2n) is 4.09. The van der Waals surface area contributed by atoms with Crippen LogP contribution in [0.25, 0.3) is 0 Å². The zero-order valence-electron chi connectivity index (χ0n) is 10.4. The van der Waals surface area contributed by atoms with Crippen LogP contribution in [0.1, 0.15) is 11.1 Å². The zero-order valence-corrected chi connectivity index (χ0v) is 13.6. The molecule has 0 aliphatic carbocycles. The summed E-state index contributed by atoms with van der Waals surface area (Å²) < 4.78 is 1.02. The van der Waals surface area contributed by atoms with Crippen LogP contribution in [-0.4, -0.2) is 7.05 Å². The van der Waals surface area contributed by atoms with Gasteiger partial charge < -0.3 is 4.90 Å². The van der Waals surface area contributed by atoms with Crippen molar-refractivity contribution >= 4 is 43.2 Å². The first-order chi connectivity index (χ1) is 9.17. The quantitative estimate of drug-likeness (QED) is 0.703. The highest BCUT2D eigenvalue weighted by Gasteiger charge is 2.12. The summed E-state index contributed by atoms with van der Waals surface area (Å²) in [5, 5.41) is 9.97. The standard InChI is InChI=1S/C15H12Br2N2/c1-19(14-5-3-2-4-12(14)10-18)15-8-13(17)7-6-11(15)9-16/h2-8H,9H2,1H3. The van der Waals surface area contributed by atoms with Gasteiger partial charge in [-0.05, 0) is 29.8 Å². The summed E-state index contributed by atoms with van der Waals surface area (Å²) in [5.41, 5.74) is 3.84. The van der Waals surface area contributed by atoms with Crippen molar-refractivity contribution in [3.05, 3.63) is 58.1 Å². The molecule has 0 amide bonds. The van der Waals surface area contributed by atoms with Gasteiger partial charge in [-0.25, -0.2) is 0 Å². The molecule has 0 radical (unpaired) electrons. The van der Waals surface area contributed by atoms with Crippen LogP contribution in [0, 0.1) is 11.3 Å². The Morgan fingerprint density at radius 3 is 2.58 bits per heavy atom. The van der Waals surface area contributed by atoms with Gasteiger partial charge in [0.2, 0.25) is 0 Å². The van der Waals surface area contributed by atoms with Gasteiger partial charge >= 0.3 is 0 Å². The molecule has 0 saturated heterocycles. The lowest BCUT2D eigenvalue weighted by Gasteiger charge is -2.23. The molecule has 2 nitrogen and oxygen atoms in total. The third-order valence-corrected chi connectivity index (χ3v) is 4.04. The minimum atomic E-state index is 0.672. The number of rotatable bonds is 3. The Morgan fingerprint density at radius 1 is 1.16 bits per heavy atom. The molecule has 0 fully saturated rings. The first-order valence-corrected chi connectivity index (χ1v) is 7.66. The average Bonchev–Trinajstić information content (AvgIpc) is 2.46. The zero-order chi connectivity index (χ0) is 13.8. The van der Waals surface area contributed by atoms with E-state index in [9.17, 15) is 5.26 Å². The predicted octanol–water partition coefficient (Wildman–Crippen LogP) is 4.98. The van der Waals surface area contributed by atoms with Crippen LogP contribution in [0.4, 0.5) is 11.4 Å². The van der Waals surface area contributed by atoms with Crippen LogP contribution < -0.4 is 4.90 Å². The Balaban J connectivity index is 2.53. The van der Waals surface area contributed by atoms with E-state index in [1.165, 1.54) is 5.56 Å². The minimum absolute atomic E-state index is 0.672. The fourth-order valence-corrected chi connectivity index (χ4v) is 2.78. The van der Waals surface area contributed by atoms with Crippen LogP contribution in [0.3, 0.4) is 0 Å². The molecule has 0 aliphatic rings. The molecule has 0 aromatic heterocycles. The maximum atomic E-state index is 9.20. The van der Waals surface area contributed by atoms with Crippen molar-refractivity contribution in [3.8, 4) is 6.07 Å². The fourth-order valence-electron chi connectivity index (χ4n) is 1.95. The van der Waals surface area contributed by atoms with Crippen molar-refractivity contribution in [2.24, 2.45) is 0 Å². The van der Waals surface area contributed by atoms with Crippen LogP contribution in [-0.2, 0) is 5.33 Å². The number of benzene rings is 2. The molecule has 0 saturated carbocycles. The Morgan fingerprint density at radius 2 is 1.89 bits per heavy atom. The number of hydrogen-bond acceptors (Lipinski definition) is 2. The molecule has 0 aliphatic heterocycles. The van der Waals surface area contributed by atoms with Crippen molar-refractivity contribution in [1.82, 2.24) is 0 Å². The Hall–Kier alpha value is -1.31. The van der Waals surface area contributed by atoms with Crippen molar-refractivity contribution in [2.75, 3.05) is 11.9 Å². The van der Waals surface area contributed by atoms with E-state index in [2.05, 4.69) is 50.1 Å². The Bertz CT molecular complexity index is 632. The van der Waals surface area contributed by atoms with E-state index in [4.69, 9.17) is 0 Å². The SMILES string of the molecule is CN(c1ccccc1C#N)c1cc(Br)ccc1CBr. The second kappa shape index (κ2) is 6.23. The molecule has 96 valence electrons. The number of hydrogen-bond donors (Lipinski definition) is 0. The first-order valence-electron chi connectivity index (χ1n) is 5.74. The molecule has 2 rings (SSSR count). The summed E-state index contributed by atoms with van der Waals surface area (Å²) >= 11 is 7.00. The first kappa shape index (κ1) is 14.1. The van der Waals surface area contributed by atoms with E-state index in [0.29, 0.717) is 5.56 Å². The number of nitriles is 1. The number of alkyl halides is 1. The van der Waals surface area contributed by atoms with E-state index >= 15 is 0 Å². The maximum Gasteiger partial charge on any atom is 0.101 e. The van der Waals surface area contributed by atoms with Gasteiger partial charge in [0, 0.05) is 22.5 Å². The van der Waals surface area contributed by atoms with Crippen LogP contribution >= 0.6 is 31.9 Å². The molecule has 4 heteroatoms. The topological polar surface area (TPSA) is 27.0 Å². The van der Waals surface area contributed by atoms with Crippen LogP contribution in [0.2, 0.25) is 0 Å². The molecular formula is C15H12Br2N2. The van der Waals surface area contributed by atoms with Crippen molar-refractivity contribution in [3.63, 3.8) is 0 Å². The number of anilines is 2. The van der Waals surface area contributed by atoms with Crippen LogP contribution in [0.15, 0.2) is 46.9 Å². The molecule has 2 aromatic rings. The molecular weight excluding hydrogens is 368 g/mol. The summed E-state index contributed by atoms with van der Waals surface area (Å²) in [6.45, 7) is 0. The molecule has 19 heavy (non-hydrogen) atoms. The van der Waals surface area contributed by atoms with Crippen molar-refractivity contribution < 1.29 is 0 Å². The summed E-state index contributed by atoms with van der Waals surface area (Å²) in [4.78, 5) is 2.04. The lowest BCUT2D eigenvalue weighted by molar-refractivity contribution is 1.17. The normalized spacial score (nSPS) is 10.0. The van der Waals surface area contributed by atoms with Crippen LogP contribution in [0.5, 0.6) is 0 Å². The van der Waals surface area contributed by atoms with Gasteiger partial charge in [0.1, 0.15) is 6.07 Å². The van der Waals surface area contributed by atoms with Gasteiger partial charge in [-0.2, -0.15) is 5.26 Å². The largest absolute Gasteiger partial charge is 0.343 e. The van der Waals surface area contributed by atoms with Crippen molar-refractivity contribution in [1.29, 1.82) is 5.26 Å². The molecule has 0 spiro atoms. The lowest BCUT2D eigenvalue weighted by Crippen LogP contribution is -2.12. The highest BCUT2D eigenvalue weighted by molar-refractivity contribution is 9.10. The third-order valence-electron chi connectivity index (χ3n) is 2.94. The summed E-state index contributed by atoms with van der Waals surface area (Å²) in [6.07, 6.45) is 0. The van der Waals surface area contributed by atoms with E-state index < -0.39 is 0 Å². The highest BCUT2D eigenvalue weighted by Crippen LogP contribution is 2.32. The number of nitrogens with zero attached hydrogens (tertiary/aromatic N) is 2. The van der Waals surface area contributed by atoms with E-state index in [-0.39, 0.29) is 0 Å². The van der Waals surface area contributed by atoms with E-state index in [1.54, 1.807) is 0 Å². The molecule has 0 bridgehead atoms. The van der Waals surface area contributed by atoms with Gasteiger partial charge in [0.25, 0.3) is 0 Å². The van der Waals surface area contributed by atoms with Crippen molar-refractivity contribution in [2.45, 2.75) is 5.33 Å². The summed E-state index contributed by atoms with van der Waals surface area (Å²) in [7, 11) is 1.98. The summed E-state index contributed by atoms with van der Waals surface area (Å²) in [6, 6.07) is 16.0. The monoisotopic (exact) mass is 378 g/mol. The Labute approximate surface area is 129 Å². The fraction of sp³-hybridized carbons (Fsp3) is 0.133. The predicted molar refractivity (Wildman–Crippen MR) is 86.0 cm³/mol. The maximum absolute atomic E-state index is 9.20. The van der Waals surface area contributed by atoms with Gasteiger partial charge in [-0.15, -0.1) is 0 Å². The third kappa shape index (κ3) is 2.99. The van der Waals surface area contributed by atoms with Gasteiger partial charge in [0.15, 0.2) is 0 Å². The summed E-state index contributed by atoms with van der Waals surface area (Å²) in [5.74, 6) is 0. The van der Waals surface area contributed by atoms with E-state index in [1.807, 2.05) is 42.3 Å².